The van der Waals surface area contributed by atoms with Crippen molar-refractivity contribution in [2.45, 2.75) is 47.0 Å². The third-order valence-electron chi connectivity index (χ3n) is 3.04. The highest BCUT2D eigenvalue weighted by Gasteiger charge is 2.25. The Hall–Kier alpha value is -1.92. The third kappa shape index (κ3) is 4.54. The van der Waals surface area contributed by atoms with Crippen molar-refractivity contribution in [3.63, 3.8) is 0 Å². The van der Waals surface area contributed by atoms with E-state index in [0.29, 0.717) is 17.5 Å². The second-order valence-electron chi connectivity index (χ2n) is 4.98. The van der Waals surface area contributed by atoms with Crippen LogP contribution in [-0.2, 0) is 0 Å². The normalized spacial score (nSPS) is 10.5. The Bertz CT molecular complexity index is 473. The van der Waals surface area contributed by atoms with Gasteiger partial charge in [-0.25, -0.2) is 4.98 Å². The van der Waals surface area contributed by atoms with E-state index in [2.05, 4.69) is 29.1 Å². The van der Waals surface area contributed by atoms with Crippen LogP contribution < -0.4 is 10.2 Å². The van der Waals surface area contributed by atoms with E-state index >= 15 is 0 Å². The molecule has 0 aliphatic carbocycles. The Morgan fingerprint density at radius 2 is 1.76 bits per heavy atom. The molecule has 21 heavy (non-hydrogen) atoms. The average Bonchev–Trinajstić information content (AvgIpc) is 2.43. The maximum Gasteiger partial charge on any atom is 0.332 e. The monoisotopic (exact) mass is 295 g/mol. The Labute approximate surface area is 125 Å². The van der Waals surface area contributed by atoms with Crippen LogP contribution in [0.3, 0.4) is 0 Å². The zero-order valence-corrected chi connectivity index (χ0v) is 13.3. The molecule has 1 rings (SSSR count). The topological polar surface area (TPSA) is 84.2 Å². The number of anilines is 2. The molecule has 0 saturated carbocycles. The summed E-state index contributed by atoms with van der Waals surface area (Å²) in [6.07, 6.45) is 2.78. The highest BCUT2D eigenvalue weighted by molar-refractivity contribution is 5.62. The molecule has 0 unspecified atom stereocenters. The molecule has 0 fully saturated rings. The maximum atomic E-state index is 11.4. The fraction of sp³-hybridized carbons (Fsp3) is 0.714. The molecule has 118 valence electrons. The van der Waals surface area contributed by atoms with E-state index in [1.54, 1.807) is 6.92 Å². The fourth-order valence-electron chi connectivity index (χ4n) is 2.17. The van der Waals surface area contributed by atoms with Crippen molar-refractivity contribution in [2.75, 3.05) is 29.9 Å². The van der Waals surface area contributed by atoms with Crippen LogP contribution in [0.15, 0.2) is 0 Å². The number of aryl methyl sites for hydroxylation is 1. The zero-order valence-electron chi connectivity index (χ0n) is 13.3. The minimum absolute atomic E-state index is 0.0129. The Kier molecular flexibility index (Phi) is 6.84. The fourth-order valence-corrected chi connectivity index (χ4v) is 2.17. The smallest absolute Gasteiger partial charge is 0.332 e. The predicted octanol–water partition coefficient (Wildman–Crippen LogP) is 3.14. The van der Waals surface area contributed by atoms with Crippen LogP contribution in [0.2, 0.25) is 0 Å². The molecule has 0 spiro atoms. The molecular formula is C14H25N5O2. The summed E-state index contributed by atoms with van der Waals surface area (Å²) >= 11 is 0. The minimum Gasteiger partial charge on any atom is -0.354 e. The summed E-state index contributed by atoms with van der Waals surface area (Å²) in [5.41, 5.74) is 0.416. The highest BCUT2D eigenvalue weighted by atomic mass is 16.6. The maximum absolute atomic E-state index is 11.4. The van der Waals surface area contributed by atoms with Crippen LogP contribution >= 0.6 is 0 Å². The van der Waals surface area contributed by atoms with Gasteiger partial charge in [0.2, 0.25) is 11.8 Å². The molecule has 0 saturated heterocycles. The molecule has 1 N–H and O–H groups in total. The van der Waals surface area contributed by atoms with Crippen molar-refractivity contribution < 1.29 is 4.92 Å². The summed E-state index contributed by atoms with van der Waals surface area (Å²) in [5, 5.41) is 14.5. The van der Waals surface area contributed by atoms with Gasteiger partial charge in [0.1, 0.15) is 5.69 Å². The first-order valence-corrected chi connectivity index (χ1v) is 7.56. The summed E-state index contributed by atoms with van der Waals surface area (Å²) in [6.45, 7) is 10.1. The van der Waals surface area contributed by atoms with Crippen LogP contribution in [0.5, 0.6) is 0 Å². The van der Waals surface area contributed by atoms with E-state index in [1.807, 2.05) is 11.8 Å². The lowest BCUT2D eigenvalue weighted by atomic mass is 10.3. The van der Waals surface area contributed by atoms with E-state index in [1.165, 1.54) is 0 Å². The number of rotatable bonds is 9. The van der Waals surface area contributed by atoms with Gasteiger partial charge in [-0.3, -0.25) is 10.1 Å². The number of nitrogens with zero attached hydrogens (tertiary/aromatic N) is 4. The molecule has 0 aromatic carbocycles. The third-order valence-corrected chi connectivity index (χ3v) is 3.04. The first kappa shape index (κ1) is 17.1. The van der Waals surface area contributed by atoms with Crippen LogP contribution in [0.1, 0.15) is 45.7 Å². The molecule has 0 aliphatic heterocycles. The lowest BCUT2D eigenvalue weighted by Crippen LogP contribution is -2.27. The first-order chi connectivity index (χ1) is 10.0. The second-order valence-corrected chi connectivity index (χ2v) is 4.98. The standard InChI is InChI=1S/C14H25N5O2/c1-5-8-15-14-16-11(4)12(19(20)21)13(17-14)18(9-6-2)10-7-3/h5-10H2,1-4H3,(H,15,16,17). The van der Waals surface area contributed by atoms with E-state index < -0.39 is 0 Å². The van der Waals surface area contributed by atoms with Gasteiger partial charge in [0.05, 0.1) is 4.92 Å². The van der Waals surface area contributed by atoms with Gasteiger partial charge in [-0.05, 0) is 26.2 Å². The van der Waals surface area contributed by atoms with Gasteiger partial charge in [-0.15, -0.1) is 0 Å². The van der Waals surface area contributed by atoms with Gasteiger partial charge in [0.25, 0.3) is 0 Å². The lowest BCUT2D eigenvalue weighted by Gasteiger charge is -2.23. The van der Waals surface area contributed by atoms with Crippen molar-refractivity contribution in [3.8, 4) is 0 Å². The molecule has 0 amide bonds. The minimum atomic E-state index is -0.382. The largest absolute Gasteiger partial charge is 0.354 e. The SMILES string of the molecule is CCCNc1nc(C)c([N+](=O)[O-])c(N(CCC)CCC)n1. The molecule has 7 heteroatoms. The summed E-state index contributed by atoms with van der Waals surface area (Å²) in [5.74, 6) is 0.891. The summed E-state index contributed by atoms with van der Waals surface area (Å²) < 4.78 is 0. The summed E-state index contributed by atoms with van der Waals surface area (Å²) in [7, 11) is 0. The molecule has 0 aliphatic rings. The molecular weight excluding hydrogens is 270 g/mol. The van der Waals surface area contributed by atoms with E-state index in [-0.39, 0.29) is 10.6 Å². The van der Waals surface area contributed by atoms with Crippen molar-refractivity contribution in [2.24, 2.45) is 0 Å². The molecule has 1 heterocycles. The van der Waals surface area contributed by atoms with Crippen LogP contribution in [0.25, 0.3) is 0 Å². The second kappa shape index (κ2) is 8.39. The Morgan fingerprint density at radius 1 is 1.14 bits per heavy atom. The van der Waals surface area contributed by atoms with Crippen LogP contribution in [-0.4, -0.2) is 34.5 Å². The zero-order chi connectivity index (χ0) is 15.8. The number of nitro groups is 1. The summed E-state index contributed by atoms with van der Waals surface area (Å²) in [4.78, 5) is 21.5. The molecule has 7 nitrogen and oxygen atoms in total. The lowest BCUT2D eigenvalue weighted by molar-refractivity contribution is -0.385. The number of hydrogen-bond acceptors (Lipinski definition) is 6. The van der Waals surface area contributed by atoms with E-state index in [0.717, 1.165) is 38.9 Å². The van der Waals surface area contributed by atoms with Crippen molar-refractivity contribution >= 4 is 17.5 Å². The van der Waals surface area contributed by atoms with Crippen molar-refractivity contribution in [1.82, 2.24) is 9.97 Å². The highest BCUT2D eigenvalue weighted by Crippen LogP contribution is 2.30. The number of nitrogens with one attached hydrogen (secondary N) is 1. The quantitative estimate of drug-likeness (QED) is 0.556. The molecule has 0 bridgehead atoms. The van der Waals surface area contributed by atoms with Crippen molar-refractivity contribution in [3.05, 3.63) is 15.8 Å². The molecule has 1 aromatic rings. The van der Waals surface area contributed by atoms with Gasteiger partial charge in [0, 0.05) is 19.6 Å². The molecule has 0 atom stereocenters. The van der Waals surface area contributed by atoms with Gasteiger partial charge >= 0.3 is 5.69 Å². The number of aromatic nitrogens is 2. The molecule has 0 radical (unpaired) electrons. The van der Waals surface area contributed by atoms with Gasteiger partial charge in [-0.1, -0.05) is 20.8 Å². The van der Waals surface area contributed by atoms with E-state index in [4.69, 9.17) is 0 Å². The molecule has 1 aromatic heterocycles. The predicted molar refractivity (Wildman–Crippen MR) is 85.0 cm³/mol. The van der Waals surface area contributed by atoms with Crippen LogP contribution in [0.4, 0.5) is 17.5 Å². The van der Waals surface area contributed by atoms with Gasteiger partial charge in [0.15, 0.2) is 0 Å². The van der Waals surface area contributed by atoms with E-state index in [9.17, 15) is 10.1 Å². The Balaban J connectivity index is 3.27. The Morgan fingerprint density at radius 3 is 2.24 bits per heavy atom. The first-order valence-electron chi connectivity index (χ1n) is 7.56. The summed E-state index contributed by atoms with van der Waals surface area (Å²) in [6, 6.07) is 0. The number of hydrogen-bond donors (Lipinski definition) is 1. The van der Waals surface area contributed by atoms with Crippen molar-refractivity contribution in [1.29, 1.82) is 0 Å². The van der Waals surface area contributed by atoms with Gasteiger partial charge in [-0.2, -0.15) is 4.98 Å². The average molecular weight is 295 g/mol. The van der Waals surface area contributed by atoms with Crippen LogP contribution in [0, 0.1) is 17.0 Å². The van der Waals surface area contributed by atoms with Gasteiger partial charge < -0.3 is 10.2 Å².